The third kappa shape index (κ3) is 5.62. The van der Waals surface area contributed by atoms with Crippen LogP contribution in [0.5, 0.6) is 0 Å². The summed E-state index contributed by atoms with van der Waals surface area (Å²) < 4.78 is 2.21. The monoisotopic (exact) mass is 410 g/mol. The van der Waals surface area contributed by atoms with E-state index in [2.05, 4.69) is 38.9 Å². The second kappa shape index (κ2) is 10.8. The number of benzene rings is 1. The summed E-state index contributed by atoms with van der Waals surface area (Å²) in [4.78, 5) is 23.7. The Bertz CT molecular complexity index is 832. The van der Waals surface area contributed by atoms with E-state index in [1.54, 1.807) is 0 Å². The molecule has 7 heteroatoms. The summed E-state index contributed by atoms with van der Waals surface area (Å²) in [7, 11) is 0. The molecule has 30 heavy (non-hydrogen) atoms. The lowest BCUT2D eigenvalue weighted by molar-refractivity contribution is 0.0953. The van der Waals surface area contributed by atoms with Crippen LogP contribution >= 0.6 is 0 Å². The Labute approximate surface area is 179 Å². The summed E-state index contributed by atoms with van der Waals surface area (Å²) in [6.45, 7) is 10.4. The van der Waals surface area contributed by atoms with E-state index in [1.165, 1.54) is 0 Å². The number of aliphatic imine (C=N–C) groups is 1. The first-order chi connectivity index (χ1) is 14.6. The van der Waals surface area contributed by atoms with Crippen molar-refractivity contribution in [1.82, 2.24) is 25.1 Å². The first kappa shape index (κ1) is 21.9. The zero-order valence-electron chi connectivity index (χ0n) is 18.3. The Kier molecular flexibility index (Phi) is 7.88. The number of guanidine groups is 1. The number of nitrogens with one attached hydrogen (secondary N) is 2. The van der Waals surface area contributed by atoms with Gasteiger partial charge >= 0.3 is 0 Å². The number of piperidine rings is 1. The molecule has 1 aliphatic heterocycles. The van der Waals surface area contributed by atoms with Crippen LogP contribution in [-0.4, -0.2) is 52.5 Å². The van der Waals surface area contributed by atoms with E-state index in [4.69, 9.17) is 4.99 Å². The third-order valence-electron chi connectivity index (χ3n) is 5.60. The van der Waals surface area contributed by atoms with E-state index in [0.29, 0.717) is 30.6 Å². The van der Waals surface area contributed by atoms with E-state index >= 15 is 0 Å². The van der Waals surface area contributed by atoms with Crippen molar-refractivity contribution in [1.29, 1.82) is 0 Å². The van der Waals surface area contributed by atoms with Crippen molar-refractivity contribution in [3.05, 3.63) is 54.1 Å². The van der Waals surface area contributed by atoms with Gasteiger partial charge in [-0.15, -0.1) is 0 Å². The molecule has 162 valence electrons. The normalized spacial score (nSPS) is 19.6. The highest BCUT2D eigenvalue weighted by molar-refractivity contribution is 5.94. The van der Waals surface area contributed by atoms with Crippen LogP contribution in [0.3, 0.4) is 0 Å². The molecular weight excluding hydrogens is 376 g/mol. The maximum atomic E-state index is 12.2. The van der Waals surface area contributed by atoms with Crippen LogP contribution in [0, 0.1) is 5.92 Å². The Morgan fingerprint density at radius 3 is 2.90 bits per heavy atom. The second-order valence-electron chi connectivity index (χ2n) is 7.92. The molecule has 0 aliphatic carbocycles. The van der Waals surface area contributed by atoms with E-state index in [0.717, 1.165) is 44.0 Å². The average Bonchev–Trinajstić information content (AvgIpc) is 3.30. The molecule has 2 heterocycles. The molecule has 1 saturated heterocycles. The van der Waals surface area contributed by atoms with Crippen LogP contribution in [0.15, 0.2) is 48.0 Å². The number of imidazole rings is 1. The predicted molar refractivity (Wildman–Crippen MR) is 120 cm³/mol. The quantitative estimate of drug-likeness (QED) is 0.543. The van der Waals surface area contributed by atoms with Crippen molar-refractivity contribution in [2.24, 2.45) is 10.9 Å². The van der Waals surface area contributed by atoms with Gasteiger partial charge in [0.05, 0.1) is 18.9 Å². The number of nitrogens with zero attached hydrogens (tertiary/aromatic N) is 4. The Morgan fingerprint density at radius 1 is 1.30 bits per heavy atom. The highest BCUT2D eigenvalue weighted by atomic mass is 16.1. The highest BCUT2D eigenvalue weighted by Crippen LogP contribution is 2.27. The van der Waals surface area contributed by atoms with Crippen molar-refractivity contribution < 1.29 is 4.79 Å². The highest BCUT2D eigenvalue weighted by Gasteiger charge is 2.28. The van der Waals surface area contributed by atoms with Crippen LogP contribution in [0.1, 0.15) is 55.6 Å². The standard InChI is InChI=1S/C23H34N6O/c1-4-10-26-22(30)20-8-6-7-19(14-20)15-27-23(25-5-2)28-12-9-18(3)21(16-28)29-13-11-24-17-29/h6-8,11,13-14,17-18,21H,4-5,9-10,12,15-16H2,1-3H3,(H,25,27)(H,26,30). The van der Waals surface area contributed by atoms with Gasteiger partial charge in [-0.2, -0.15) is 0 Å². The fraction of sp³-hybridized carbons (Fsp3) is 0.522. The third-order valence-corrected chi connectivity index (χ3v) is 5.60. The largest absolute Gasteiger partial charge is 0.357 e. The minimum absolute atomic E-state index is 0.0252. The van der Waals surface area contributed by atoms with Crippen molar-refractivity contribution >= 4 is 11.9 Å². The van der Waals surface area contributed by atoms with Crippen molar-refractivity contribution in [2.45, 2.75) is 46.2 Å². The molecule has 7 nitrogen and oxygen atoms in total. The molecule has 2 unspecified atom stereocenters. The van der Waals surface area contributed by atoms with Crippen LogP contribution in [0.2, 0.25) is 0 Å². The summed E-state index contributed by atoms with van der Waals surface area (Å²) in [6, 6.07) is 8.12. The number of carbonyl (C=O) groups excluding carboxylic acids is 1. The van der Waals surface area contributed by atoms with E-state index in [-0.39, 0.29) is 5.91 Å². The molecule has 1 aliphatic rings. The van der Waals surface area contributed by atoms with Crippen LogP contribution in [0.25, 0.3) is 0 Å². The van der Waals surface area contributed by atoms with Crippen molar-refractivity contribution in [2.75, 3.05) is 26.2 Å². The van der Waals surface area contributed by atoms with Gasteiger partial charge in [-0.3, -0.25) is 4.79 Å². The molecule has 1 amide bonds. The van der Waals surface area contributed by atoms with Gasteiger partial charge in [0.15, 0.2) is 5.96 Å². The molecule has 0 spiro atoms. The predicted octanol–water partition coefficient (Wildman–Crippen LogP) is 3.07. The minimum atomic E-state index is -0.0252. The summed E-state index contributed by atoms with van der Waals surface area (Å²) in [5, 5.41) is 6.37. The molecule has 2 atom stereocenters. The zero-order valence-corrected chi connectivity index (χ0v) is 18.3. The van der Waals surface area contributed by atoms with E-state index in [1.807, 2.05) is 49.9 Å². The molecule has 0 saturated carbocycles. The number of aromatic nitrogens is 2. The lowest BCUT2D eigenvalue weighted by atomic mass is 9.93. The van der Waals surface area contributed by atoms with Gasteiger partial charge in [0.1, 0.15) is 0 Å². The van der Waals surface area contributed by atoms with Crippen molar-refractivity contribution in [3.8, 4) is 0 Å². The Balaban J connectivity index is 1.71. The number of amides is 1. The molecule has 2 aromatic rings. The molecule has 1 aromatic carbocycles. The zero-order chi connectivity index (χ0) is 21.3. The maximum absolute atomic E-state index is 12.2. The first-order valence-corrected chi connectivity index (χ1v) is 11.0. The Morgan fingerprint density at radius 2 is 2.17 bits per heavy atom. The van der Waals surface area contributed by atoms with E-state index < -0.39 is 0 Å². The molecule has 0 radical (unpaired) electrons. The molecule has 1 fully saturated rings. The molecule has 0 bridgehead atoms. The molecule has 1 aromatic heterocycles. The van der Waals surface area contributed by atoms with Gasteiger partial charge in [0.25, 0.3) is 5.91 Å². The van der Waals surface area contributed by atoms with Gasteiger partial charge in [-0.25, -0.2) is 9.98 Å². The van der Waals surface area contributed by atoms with E-state index in [9.17, 15) is 4.79 Å². The van der Waals surface area contributed by atoms with Gasteiger partial charge in [-0.05, 0) is 43.4 Å². The smallest absolute Gasteiger partial charge is 0.251 e. The maximum Gasteiger partial charge on any atom is 0.251 e. The fourth-order valence-electron chi connectivity index (χ4n) is 3.84. The van der Waals surface area contributed by atoms with Crippen LogP contribution < -0.4 is 10.6 Å². The first-order valence-electron chi connectivity index (χ1n) is 11.0. The topological polar surface area (TPSA) is 74.6 Å². The summed E-state index contributed by atoms with van der Waals surface area (Å²) in [5.74, 6) is 1.50. The lowest BCUT2D eigenvalue weighted by Crippen LogP contribution is -2.49. The number of rotatable bonds is 7. The van der Waals surface area contributed by atoms with Gasteiger partial charge in [0, 0.05) is 44.1 Å². The fourth-order valence-corrected chi connectivity index (χ4v) is 3.84. The van der Waals surface area contributed by atoms with Crippen LogP contribution in [-0.2, 0) is 6.54 Å². The average molecular weight is 411 g/mol. The summed E-state index contributed by atoms with van der Waals surface area (Å²) >= 11 is 0. The molecular formula is C23H34N6O. The second-order valence-corrected chi connectivity index (χ2v) is 7.92. The number of likely N-dealkylation sites (tertiary alicyclic amines) is 1. The van der Waals surface area contributed by atoms with Gasteiger partial charge in [0.2, 0.25) is 0 Å². The number of carbonyl (C=O) groups is 1. The summed E-state index contributed by atoms with van der Waals surface area (Å²) in [5.41, 5.74) is 1.72. The molecule has 2 N–H and O–H groups in total. The van der Waals surface area contributed by atoms with Crippen molar-refractivity contribution in [3.63, 3.8) is 0 Å². The SMILES string of the molecule is CCCNC(=O)c1cccc(CN=C(NCC)N2CCC(C)C(n3ccnc3)C2)c1. The summed E-state index contributed by atoms with van der Waals surface area (Å²) in [6.07, 6.45) is 7.83. The number of hydrogen-bond acceptors (Lipinski definition) is 3. The Hall–Kier alpha value is -2.83. The van der Waals surface area contributed by atoms with Gasteiger partial charge in [-0.1, -0.05) is 26.0 Å². The van der Waals surface area contributed by atoms with Gasteiger partial charge < -0.3 is 20.1 Å². The molecule has 3 rings (SSSR count). The lowest BCUT2D eigenvalue weighted by Gasteiger charge is -2.39. The minimum Gasteiger partial charge on any atom is -0.357 e. The van der Waals surface area contributed by atoms with Crippen LogP contribution in [0.4, 0.5) is 0 Å². The number of hydrogen-bond donors (Lipinski definition) is 2.